The van der Waals surface area contributed by atoms with Crippen LogP contribution in [-0.2, 0) is 4.79 Å². The molecule has 0 saturated carbocycles. The maximum absolute atomic E-state index is 11.2. The summed E-state index contributed by atoms with van der Waals surface area (Å²) in [5.41, 5.74) is 0. The van der Waals surface area contributed by atoms with Crippen LogP contribution in [0.5, 0.6) is 0 Å². The summed E-state index contributed by atoms with van der Waals surface area (Å²) in [4.78, 5) is 16.9. The second kappa shape index (κ2) is 4.61. The molecule has 0 aliphatic carbocycles. The van der Waals surface area contributed by atoms with Crippen molar-refractivity contribution in [2.45, 2.75) is 0 Å². The Hall–Kier alpha value is -1.36. The lowest BCUT2D eigenvalue weighted by Gasteiger charge is -2.02. The van der Waals surface area contributed by atoms with Gasteiger partial charge in [-0.15, -0.1) is 11.3 Å². The summed E-state index contributed by atoms with van der Waals surface area (Å²) in [7, 11) is 3.71. The van der Waals surface area contributed by atoms with E-state index >= 15 is 0 Å². The maximum Gasteiger partial charge on any atom is 0.251 e. The standard InChI is InChI=1S/C8H11N3OS/c1-11(2)5-3-7(12)10-8-9-4-6-13-8/h3-6H,1-2H3,(H,9,10,12). The summed E-state index contributed by atoms with van der Waals surface area (Å²) >= 11 is 1.39. The van der Waals surface area contributed by atoms with Gasteiger partial charge < -0.3 is 4.90 Å². The number of hydrogen-bond donors (Lipinski definition) is 1. The van der Waals surface area contributed by atoms with Crippen molar-refractivity contribution in [1.82, 2.24) is 9.88 Å². The van der Waals surface area contributed by atoms with Gasteiger partial charge in [0, 0.05) is 37.9 Å². The Morgan fingerprint density at radius 1 is 1.69 bits per heavy atom. The third-order valence-electron chi connectivity index (χ3n) is 1.19. The summed E-state index contributed by atoms with van der Waals surface area (Å²) < 4.78 is 0. The van der Waals surface area contributed by atoms with Gasteiger partial charge in [-0.3, -0.25) is 10.1 Å². The van der Waals surface area contributed by atoms with Gasteiger partial charge in [-0.25, -0.2) is 4.98 Å². The quantitative estimate of drug-likeness (QED) is 0.739. The smallest absolute Gasteiger partial charge is 0.251 e. The fourth-order valence-corrected chi connectivity index (χ4v) is 1.18. The minimum atomic E-state index is -0.163. The van der Waals surface area contributed by atoms with Crippen molar-refractivity contribution in [1.29, 1.82) is 0 Å². The van der Waals surface area contributed by atoms with Crippen LogP contribution in [0, 0.1) is 0 Å². The van der Waals surface area contributed by atoms with Crippen LogP contribution in [0.15, 0.2) is 23.9 Å². The lowest BCUT2D eigenvalue weighted by atomic mass is 10.5. The fraction of sp³-hybridized carbons (Fsp3) is 0.250. The first-order valence-electron chi connectivity index (χ1n) is 3.73. The molecule has 1 amide bonds. The van der Waals surface area contributed by atoms with Crippen LogP contribution in [0.1, 0.15) is 0 Å². The van der Waals surface area contributed by atoms with Gasteiger partial charge in [0.05, 0.1) is 0 Å². The van der Waals surface area contributed by atoms with Crippen molar-refractivity contribution in [3.63, 3.8) is 0 Å². The summed E-state index contributed by atoms with van der Waals surface area (Å²) in [6, 6.07) is 0. The number of thiazole rings is 1. The zero-order chi connectivity index (χ0) is 9.68. The SMILES string of the molecule is CN(C)C=CC(=O)Nc1nccs1. The van der Waals surface area contributed by atoms with Gasteiger partial charge in [0.2, 0.25) is 0 Å². The molecular weight excluding hydrogens is 186 g/mol. The highest BCUT2D eigenvalue weighted by Gasteiger charge is 1.98. The van der Waals surface area contributed by atoms with E-state index in [-0.39, 0.29) is 5.91 Å². The molecule has 1 N–H and O–H groups in total. The number of carbonyl (C=O) groups excluding carboxylic acids is 1. The fourth-order valence-electron chi connectivity index (χ4n) is 0.649. The first-order valence-corrected chi connectivity index (χ1v) is 4.61. The van der Waals surface area contributed by atoms with Gasteiger partial charge >= 0.3 is 0 Å². The molecule has 0 unspecified atom stereocenters. The molecule has 0 radical (unpaired) electrons. The summed E-state index contributed by atoms with van der Waals surface area (Å²) in [5, 5.41) is 5.06. The van der Waals surface area contributed by atoms with Gasteiger partial charge in [-0.2, -0.15) is 0 Å². The number of rotatable bonds is 3. The monoisotopic (exact) mass is 197 g/mol. The predicted octanol–water partition coefficient (Wildman–Crippen LogP) is 1.16. The molecule has 0 atom stereocenters. The third kappa shape index (κ3) is 3.71. The van der Waals surface area contributed by atoms with Crippen LogP contribution >= 0.6 is 11.3 Å². The molecule has 1 rings (SSSR count). The van der Waals surface area contributed by atoms with Gasteiger partial charge in [-0.1, -0.05) is 0 Å². The lowest BCUT2D eigenvalue weighted by Crippen LogP contribution is -2.10. The number of amides is 1. The van der Waals surface area contributed by atoms with Gasteiger partial charge in [-0.05, 0) is 0 Å². The second-order valence-electron chi connectivity index (χ2n) is 2.61. The van der Waals surface area contributed by atoms with Crippen molar-refractivity contribution < 1.29 is 4.79 Å². The van der Waals surface area contributed by atoms with Crippen molar-refractivity contribution in [2.75, 3.05) is 19.4 Å². The van der Waals surface area contributed by atoms with E-state index in [0.717, 1.165) is 0 Å². The molecule has 0 aromatic carbocycles. The third-order valence-corrected chi connectivity index (χ3v) is 1.88. The number of nitrogens with zero attached hydrogens (tertiary/aromatic N) is 2. The largest absolute Gasteiger partial charge is 0.383 e. The first-order chi connectivity index (χ1) is 6.18. The van der Waals surface area contributed by atoms with Crippen LogP contribution in [0.3, 0.4) is 0 Å². The Labute approximate surface area is 80.9 Å². The Bertz CT molecular complexity index is 292. The molecule has 1 aromatic rings. The average Bonchev–Trinajstić information content (AvgIpc) is 2.53. The van der Waals surface area contributed by atoms with Gasteiger partial charge in [0.1, 0.15) is 0 Å². The van der Waals surface area contributed by atoms with Crippen molar-refractivity contribution >= 4 is 22.4 Å². The molecule has 0 saturated heterocycles. The molecule has 0 aliphatic heterocycles. The molecule has 0 bridgehead atoms. The average molecular weight is 197 g/mol. The van der Waals surface area contributed by atoms with Crippen molar-refractivity contribution in [3.8, 4) is 0 Å². The Morgan fingerprint density at radius 2 is 2.46 bits per heavy atom. The zero-order valence-corrected chi connectivity index (χ0v) is 8.34. The molecule has 0 spiro atoms. The second-order valence-corrected chi connectivity index (χ2v) is 3.50. The van der Waals surface area contributed by atoms with Crippen LogP contribution in [0.25, 0.3) is 0 Å². The Kier molecular flexibility index (Phi) is 3.45. The predicted molar refractivity (Wildman–Crippen MR) is 53.6 cm³/mol. The molecule has 5 heteroatoms. The van der Waals surface area contributed by atoms with Crippen LogP contribution < -0.4 is 5.32 Å². The summed E-state index contributed by atoms with van der Waals surface area (Å²) in [6.07, 6.45) is 4.79. The van der Waals surface area contributed by atoms with Gasteiger partial charge in [0.25, 0.3) is 5.91 Å². The van der Waals surface area contributed by atoms with E-state index in [1.54, 1.807) is 17.3 Å². The van der Waals surface area contributed by atoms with E-state index < -0.39 is 0 Å². The molecule has 70 valence electrons. The minimum Gasteiger partial charge on any atom is -0.383 e. The van der Waals surface area contributed by atoms with Crippen LogP contribution in [-0.4, -0.2) is 29.9 Å². The van der Waals surface area contributed by atoms with E-state index in [0.29, 0.717) is 5.13 Å². The lowest BCUT2D eigenvalue weighted by molar-refractivity contribution is -0.112. The van der Waals surface area contributed by atoms with E-state index in [1.807, 2.05) is 19.5 Å². The number of anilines is 1. The van der Waals surface area contributed by atoms with E-state index in [4.69, 9.17) is 0 Å². The van der Waals surface area contributed by atoms with E-state index in [9.17, 15) is 4.79 Å². The Morgan fingerprint density at radius 3 is 3.00 bits per heavy atom. The van der Waals surface area contributed by atoms with E-state index in [2.05, 4.69) is 10.3 Å². The van der Waals surface area contributed by atoms with Crippen molar-refractivity contribution in [2.24, 2.45) is 0 Å². The highest BCUT2D eigenvalue weighted by atomic mass is 32.1. The topological polar surface area (TPSA) is 45.2 Å². The molecule has 0 fully saturated rings. The number of nitrogens with one attached hydrogen (secondary N) is 1. The Balaban J connectivity index is 2.43. The maximum atomic E-state index is 11.2. The molecule has 4 nitrogen and oxygen atoms in total. The number of hydrogen-bond acceptors (Lipinski definition) is 4. The van der Waals surface area contributed by atoms with Gasteiger partial charge in [0.15, 0.2) is 5.13 Å². The first kappa shape index (κ1) is 9.73. The normalized spacial score (nSPS) is 10.3. The molecule has 1 heterocycles. The highest BCUT2D eigenvalue weighted by molar-refractivity contribution is 7.13. The highest BCUT2D eigenvalue weighted by Crippen LogP contribution is 2.09. The number of aromatic nitrogens is 1. The van der Waals surface area contributed by atoms with Crippen molar-refractivity contribution in [3.05, 3.63) is 23.9 Å². The zero-order valence-electron chi connectivity index (χ0n) is 7.52. The molecule has 1 aromatic heterocycles. The molecule has 13 heavy (non-hydrogen) atoms. The van der Waals surface area contributed by atoms with Crippen LogP contribution in [0.2, 0.25) is 0 Å². The van der Waals surface area contributed by atoms with Crippen LogP contribution in [0.4, 0.5) is 5.13 Å². The summed E-state index contributed by atoms with van der Waals surface area (Å²) in [5.74, 6) is -0.163. The number of carbonyl (C=O) groups is 1. The minimum absolute atomic E-state index is 0.163. The molecular formula is C8H11N3OS. The summed E-state index contributed by atoms with van der Waals surface area (Å²) in [6.45, 7) is 0. The molecule has 0 aliphatic rings. The van der Waals surface area contributed by atoms with E-state index in [1.165, 1.54) is 17.4 Å².